The zero-order chi connectivity index (χ0) is 19.9. The maximum Gasteiger partial charge on any atom is 0.416 e. The van der Waals surface area contributed by atoms with Gasteiger partial charge in [-0.25, -0.2) is 0 Å². The second-order valence-electron chi connectivity index (χ2n) is 5.10. The van der Waals surface area contributed by atoms with E-state index in [1.54, 1.807) is 24.3 Å². The molecule has 2 aromatic carbocycles. The van der Waals surface area contributed by atoms with Crippen molar-refractivity contribution >= 4 is 35.2 Å². The molecule has 142 valence electrons. The minimum atomic E-state index is -4.46. The average Bonchev–Trinajstić information content (AvgIpc) is 2.60. The molecular weight excluding hydrogens is 383 g/mol. The molecule has 2 rings (SSSR count). The number of carboxylic acids is 1. The van der Waals surface area contributed by atoms with Gasteiger partial charge in [-0.15, -0.1) is 0 Å². The van der Waals surface area contributed by atoms with E-state index in [0.717, 1.165) is 12.1 Å². The number of para-hydroxylation sites is 1. The number of hydrogen-bond acceptors (Lipinski definition) is 5. The fraction of sp³-hybridized carbons (Fsp3) is 0.118. The maximum atomic E-state index is 12.7. The molecule has 0 aliphatic rings. The van der Waals surface area contributed by atoms with Crippen molar-refractivity contribution in [1.29, 1.82) is 0 Å². The minimum Gasteiger partial charge on any atom is -0.546 e. The van der Waals surface area contributed by atoms with Crippen LogP contribution in [0.3, 0.4) is 0 Å². The predicted molar refractivity (Wildman–Crippen MR) is 95.3 cm³/mol. The molecule has 10 heteroatoms. The van der Waals surface area contributed by atoms with Gasteiger partial charge >= 0.3 is 6.18 Å². The summed E-state index contributed by atoms with van der Waals surface area (Å²) in [4.78, 5) is 10.5. The number of carboxylic acid groups (broad SMARTS) is 1. The van der Waals surface area contributed by atoms with Crippen LogP contribution in [0, 0.1) is 0 Å². The summed E-state index contributed by atoms with van der Waals surface area (Å²) in [5, 5.41) is 16.9. The monoisotopic (exact) mass is 396 g/mol. The van der Waals surface area contributed by atoms with Crippen molar-refractivity contribution < 1.29 is 27.8 Å². The van der Waals surface area contributed by atoms with Crippen LogP contribution in [-0.2, 0) is 11.0 Å². The zero-order valence-electron chi connectivity index (χ0n) is 13.6. The third-order valence-electron chi connectivity index (χ3n) is 3.08. The Morgan fingerprint density at radius 1 is 1.22 bits per heavy atom. The average molecular weight is 396 g/mol. The van der Waals surface area contributed by atoms with Gasteiger partial charge in [0.15, 0.2) is 5.11 Å². The van der Waals surface area contributed by atoms with Gasteiger partial charge in [-0.2, -0.15) is 18.3 Å². The molecule has 0 aliphatic heterocycles. The van der Waals surface area contributed by atoms with Crippen molar-refractivity contribution in [3.8, 4) is 5.75 Å². The summed E-state index contributed by atoms with van der Waals surface area (Å²) in [5.41, 5.74) is 2.26. The summed E-state index contributed by atoms with van der Waals surface area (Å²) in [6, 6.07) is 11.0. The van der Waals surface area contributed by atoms with Crippen molar-refractivity contribution in [2.75, 3.05) is 11.9 Å². The van der Waals surface area contributed by atoms with E-state index in [1.807, 2.05) is 0 Å². The lowest BCUT2D eigenvalue weighted by molar-refractivity contribution is -0.307. The highest BCUT2D eigenvalue weighted by atomic mass is 32.1. The molecule has 0 spiro atoms. The van der Waals surface area contributed by atoms with Gasteiger partial charge in [-0.3, -0.25) is 5.43 Å². The predicted octanol–water partition coefficient (Wildman–Crippen LogP) is 2.15. The van der Waals surface area contributed by atoms with Crippen molar-refractivity contribution in [1.82, 2.24) is 5.43 Å². The molecule has 6 nitrogen and oxygen atoms in total. The van der Waals surface area contributed by atoms with Gasteiger partial charge < -0.3 is 20.0 Å². The number of carbonyl (C=O) groups is 1. The first kappa shape index (κ1) is 20.2. The van der Waals surface area contributed by atoms with E-state index >= 15 is 0 Å². The third kappa shape index (κ3) is 6.59. The van der Waals surface area contributed by atoms with Crippen molar-refractivity contribution in [3.05, 3.63) is 59.7 Å². The van der Waals surface area contributed by atoms with E-state index in [2.05, 4.69) is 15.8 Å². The Bertz CT molecular complexity index is 857. The number of halogens is 3. The summed E-state index contributed by atoms with van der Waals surface area (Å²) < 4.78 is 43.1. The standard InChI is InChI=1S/C17H14F3N3O3S/c18-17(19,20)12-5-3-6-13(8-12)22-16(27)23-21-9-11-4-1-2-7-14(11)26-10-15(24)25/h1-9H,10H2,(H,24,25)(H2,22,23,27)/p-1/b21-9-. The zero-order valence-corrected chi connectivity index (χ0v) is 14.4. The number of hydrogen-bond donors (Lipinski definition) is 2. The number of thiocarbonyl (C=S) groups is 1. The quantitative estimate of drug-likeness (QED) is 0.442. The lowest BCUT2D eigenvalue weighted by atomic mass is 10.2. The highest BCUT2D eigenvalue weighted by Gasteiger charge is 2.30. The van der Waals surface area contributed by atoms with Gasteiger partial charge in [0.2, 0.25) is 0 Å². The number of nitrogens with one attached hydrogen (secondary N) is 2. The summed E-state index contributed by atoms with van der Waals surface area (Å²) in [6.45, 7) is -0.617. The Morgan fingerprint density at radius 2 is 1.96 bits per heavy atom. The molecule has 0 amide bonds. The molecule has 0 fully saturated rings. The molecule has 0 saturated heterocycles. The van der Waals surface area contributed by atoms with Crippen molar-refractivity contribution in [2.45, 2.75) is 6.18 Å². The van der Waals surface area contributed by atoms with Crippen LogP contribution in [-0.4, -0.2) is 23.9 Å². The first-order valence-electron chi connectivity index (χ1n) is 7.44. The number of ether oxygens (including phenoxy) is 1. The summed E-state index contributed by atoms with van der Waals surface area (Å²) >= 11 is 4.97. The summed E-state index contributed by atoms with van der Waals surface area (Å²) in [6.07, 6.45) is -3.13. The van der Waals surface area contributed by atoms with Crippen LogP contribution in [0.1, 0.15) is 11.1 Å². The van der Waals surface area contributed by atoms with E-state index in [4.69, 9.17) is 17.0 Å². The highest BCUT2D eigenvalue weighted by molar-refractivity contribution is 7.80. The second kappa shape index (κ2) is 8.99. The van der Waals surface area contributed by atoms with Crippen LogP contribution >= 0.6 is 12.2 Å². The van der Waals surface area contributed by atoms with E-state index in [0.29, 0.717) is 5.56 Å². The number of carbonyl (C=O) groups excluding carboxylic acids is 1. The second-order valence-corrected chi connectivity index (χ2v) is 5.51. The van der Waals surface area contributed by atoms with Crippen LogP contribution in [0.2, 0.25) is 0 Å². The van der Waals surface area contributed by atoms with Crippen LogP contribution in [0.15, 0.2) is 53.6 Å². The van der Waals surface area contributed by atoms with Crippen LogP contribution in [0.25, 0.3) is 0 Å². The Morgan fingerprint density at radius 3 is 2.67 bits per heavy atom. The smallest absolute Gasteiger partial charge is 0.416 e. The molecule has 2 aromatic rings. The molecule has 0 heterocycles. The fourth-order valence-electron chi connectivity index (χ4n) is 1.95. The molecule has 0 atom stereocenters. The molecule has 27 heavy (non-hydrogen) atoms. The highest BCUT2D eigenvalue weighted by Crippen LogP contribution is 2.30. The molecule has 0 bridgehead atoms. The van der Waals surface area contributed by atoms with E-state index in [9.17, 15) is 23.1 Å². The number of benzene rings is 2. The number of hydrazone groups is 1. The Kier molecular flexibility index (Phi) is 6.72. The Hall–Kier alpha value is -3.14. The van der Waals surface area contributed by atoms with E-state index in [-0.39, 0.29) is 16.5 Å². The Balaban J connectivity index is 1.97. The lowest BCUT2D eigenvalue weighted by Crippen LogP contribution is -2.29. The SMILES string of the molecule is O=C([O-])COc1ccccc1/C=N\NC(=S)Nc1cccc(C(F)(F)F)c1. The molecule has 0 aromatic heterocycles. The van der Waals surface area contributed by atoms with Gasteiger partial charge in [0, 0.05) is 11.3 Å². The summed E-state index contributed by atoms with van der Waals surface area (Å²) in [5.74, 6) is -1.10. The van der Waals surface area contributed by atoms with E-state index in [1.165, 1.54) is 18.3 Å². The van der Waals surface area contributed by atoms with Gasteiger partial charge in [0.25, 0.3) is 0 Å². The Labute approximate surface area is 157 Å². The largest absolute Gasteiger partial charge is 0.546 e. The summed E-state index contributed by atoms with van der Waals surface area (Å²) in [7, 11) is 0. The number of nitrogens with zero attached hydrogens (tertiary/aromatic N) is 1. The fourth-order valence-corrected chi connectivity index (χ4v) is 2.12. The lowest BCUT2D eigenvalue weighted by Gasteiger charge is -2.11. The van der Waals surface area contributed by atoms with Crippen LogP contribution in [0.4, 0.5) is 18.9 Å². The van der Waals surface area contributed by atoms with Gasteiger partial charge in [-0.1, -0.05) is 18.2 Å². The van der Waals surface area contributed by atoms with Crippen molar-refractivity contribution in [2.24, 2.45) is 5.10 Å². The molecule has 0 radical (unpaired) electrons. The van der Waals surface area contributed by atoms with Gasteiger partial charge in [-0.05, 0) is 42.5 Å². The number of anilines is 1. The normalized spacial score (nSPS) is 11.2. The molecule has 2 N–H and O–H groups in total. The topological polar surface area (TPSA) is 85.8 Å². The van der Waals surface area contributed by atoms with Crippen LogP contribution in [0.5, 0.6) is 5.75 Å². The molecule has 0 unspecified atom stereocenters. The van der Waals surface area contributed by atoms with E-state index < -0.39 is 24.3 Å². The molecular formula is C17H13F3N3O3S-. The maximum absolute atomic E-state index is 12.7. The van der Waals surface area contributed by atoms with Gasteiger partial charge in [0.05, 0.1) is 17.7 Å². The van der Waals surface area contributed by atoms with Gasteiger partial charge in [0.1, 0.15) is 12.4 Å². The van der Waals surface area contributed by atoms with Crippen LogP contribution < -0.4 is 20.6 Å². The molecule has 0 saturated carbocycles. The third-order valence-corrected chi connectivity index (χ3v) is 3.28. The first-order valence-corrected chi connectivity index (χ1v) is 7.85. The minimum absolute atomic E-state index is 0.0290. The number of aliphatic carboxylic acids is 1. The molecule has 0 aliphatic carbocycles. The number of alkyl halides is 3. The first-order chi connectivity index (χ1) is 12.8. The van der Waals surface area contributed by atoms with Crippen molar-refractivity contribution in [3.63, 3.8) is 0 Å². The number of rotatable bonds is 6.